The van der Waals surface area contributed by atoms with E-state index in [-0.39, 0.29) is 17.6 Å². The lowest BCUT2D eigenvalue weighted by molar-refractivity contribution is -0.141. The molecule has 128 valence electrons. The summed E-state index contributed by atoms with van der Waals surface area (Å²) in [5.74, 6) is -0.200. The van der Waals surface area contributed by atoms with Gasteiger partial charge in [0, 0.05) is 30.0 Å². The maximum atomic E-state index is 12.2. The second kappa shape index (κ2) is 8.41. The minimum Gasteiger partial charge on any atom is -0.423 e. The number of benzene rings is 1. The maximum absolute atomic E-state index is 12.2. The van der Waals surface area contributed by atoms with Gasteiger partial charge in [-0.15, -0.1) is 0 Å². The minimum atomic E-state index is -4.74. The van der Waals surface area contributed by atoms with Gasteiger partial charge in [0.25, 0.3) is 0 Å². The standard InChI is InChI=1S/C7H5BF3NO3.C7H8FN/c9-7(10,11)6-4(3-13)1-5(2-12-6)8(14)15;1-9-7-4-2-6(8)3-5-7/h1-3,14-15H;2-5,9H,1H3. The van der Waals surface area contributed by atoms with Crippen molar-refractivity contribution in [3.05, 3.63) is 53.6 Å². The number of pyridine rings is 1. The number of nitrogens with one attached hydrogen (secondary N) is 1. The number of anilines is 1. The summed E-state index contributed by atoms with van der Waals surface area (Å²) >= 11 is 0. The van der Waals surface area contributed by atoms with Crippen molar-refractivity contribution in [2.45, 2.75) is 6.18 Å². The van der Waals surface area contributed by atoms with Crippen molar-refractivity contribution < 1.29 is 32.4 Å². The van der Waals surface area contributed by atoms with Gasteiger partial charge < -0.3 is 15.4 Å². The Labute approximate surface area is 135 Å². The van der Waals surface area contributed by atoms with Crippen molar-refractivity contribution >= 4 is 24.6 Å². The van der Waals surface area contributed by atoms with Crippen LogP contribution in [-0.4, -0.2) is 35.5 Å². The van der Waals surface area contributed by atoms with E-state index in [0.717, 1.165) is 11.8 Å². The Morgan fingerprint density at radius 1 is 1.21 bits per heavy atom. The number of nitrogens with zero attached hydrogens (tertiary/aromatic N) is 1. The molecular formula is C14H13BF4N2O3. The fourth-order valence-electron chi connectivity index (χ4n) is 1.58. The molecule has 1 aromatic heterocycles. The van der Waals surface area contributed by atoms with Crippen LogP contribution in [0.1, 0.15) is 16.1 Å². The first-order valence-corrected chi connectivity index (χ1v) is 6.50. The van der Waals surface area contributed by atoms with E-state index >= 15 is 0 Å². The Morgan fingerprint density at radius 2 is 1.79 bits per heavy atom. The third-order valence-corrected chi connectivity index (χ3v) is 2.76. The number of carbonyl (C=O) groups is 1. The molecule has 0 saturated carbocycles. The van der Waals surface area contributed by atoms with Crippen LogP contribution in [0.3, 0.4) is 0 Å². The van der Waals surface area contributed by atoms with Crippen molar-refractivity contribution in [3.63, 3.8) is 0 Å². The highest BCUT2D eigenvalue weighted by Gasteiger charge is 2.35. The van der Waals surface area contributed by atoms with Crippen LogP contribution in [-0.2, 0) is 6.18 Å². The summed E-state index contributed by atoms with van der Waals surface area (Å²) in [6.07, 6.45) is -4.13. The van der Waals surface area contributed by atoms with E-state index in [4.69, 9.17) is 10.0 Å². The molecule has 1 aromatic carbocycles. The van der Waals surface area contributed by atoms with Gasteiger partial charge in [-0.05, 0) is 30.3 Å². The van der Waals surface area contributed by atoms with Gasteiger partial charge in [-0.25, -0.2) is 4.39 Å². The highest BCUT2D eigenvalue weighted by atomic mass is 19.4. The van der Waals surface area contributed by atoms with Crippen LogP contribution in [0.25, 0.3) is 0 Å². The van der Waals surface area contributed by atoms with E-state index in [1.807, 2.05) is 0 Å². The van der Waals surface area contributed by atoms with Crippen molar-refractivity contribution in [1.29, 1.82) is 0 Å². The summed E-state index contributed by atoms with van der Waals surface area (Å²) in [7, 11) is -0.161. The number of halogens is 4. The van der Waals surface area contributed by atoms with Crippen LogP contribution in [0.4, 0.5) is 23.2 Å². The Morgan fingerprint density at radius 3 is 2.21 bits per heavy atom. The molecule has 0 aliphatic heterocycles. The monoisotopic (exact) mass is 344 g/mol. The van der Waals surface area contributed by atoms with Crippen molar-refractivity contribution in [3.8, 4) is 0 Å². The van der Waals surface area contributed by atoms with Crippen LogP contribution in [0.2, 0.25) is 0 Å². The Balaban J connectivity index is 0.000000272. The summed E-state index contributed by atoms with van der Waals surface area (Å²) in [5.41, 5.74) is -1.42. The molecule has 2 aromatic rings. The highest BCUT2D eigenvalue weighted by Crippen LogP contribution is 2.28. The van der Waals surface area contributed by atoms with Crippen LogP contribution in [0.15, 0.2) is 36.5 Å². The van der Waals surface area contributed by atoms with Gasteiger partial charge in [0.15, 0.2) is 12.0 Å². The largest absolute Gasteiger partial charge is 0.490 e. The van der Waals surface area contributed by atoms with Gasteiger partial charge >= 0.3 is 13.3 Å². The molecule has 0 saturated heterocycles. The molecule has 0 bridgehead atoms. The van der Waals surface area contributed by atoms with E-state index in [1.165, 1.54) is 12.1 Å². The average molecular weight is 344 g/mol. The lowest BCUT2D eigenvalue weighted by Gasteiger charge is -2.09. The number of rotatable bonds is 3. The molecule has 0 spiro atoms. The molecule has 24 heavy (non-hydrogen) atoms. The second-order valence-electron chi connectivity index (χ2n) is 4.45. The summed E-state index contributed by atoms with van der Waals surface area (Å²) in [6, 6.07) is 6.95. The van der Waals surface area contributed by atoms with Crippen LogP contribution in [0, 0.1) is 5.82 Å². The number of carbonyl (C=O) groups excluding carboxylic acids is 1. The van der Waals surface area contributed by atoms with Gasteiger partial charge in [0.2, 0.25) is 0 Å². The van der Waals surface area contributed by atoms with Crippen LogP contribution >= 0.6 is 0 Å². The molecule has 5 nitrogen and oxygen atoms in total. The SMILES string of the molecule is CNc1ccc(F)cc1.O=Cc1cc(B(O)O)cnc1C(F)(F)F. The predicted molar refractivity (Wildman–Crippen MR) is 80.4 cm³/mol. The fraction of sp³-hybridized carbons (Fsp3) is 0.143. The lowest BCUT2D eigenvalue weighted by Crippen LogP contribution is -2.31. The minimum absolute atomic E-state index is 0.0400. The molecular weight excluding hydrogens is 331 g/mol. The van der Waals surface area contributed by atoms with Crippen molar-refractivity contribution in [2.75, 3.05) is 12.4 Å². The van der Waals surface area contributed by atoms with Gasteiger partial charge in [-0.1, -0.05) is 0 Å². The van der Waals surface area contributed by atoms with E-state index in [0.29, 0.717) is 6.20 Å². The topological polar surface area (TPSA) is 82.5 Å². The normalized spacial score (nSPS) is 10.5. The van der Waals surface area contributed by atoms with Gasteiger partial charge in [0.1, 0.15) is 5.82 Å². The first-order chi connectivity index (χ1) is 11.2. The van der Waals surface area contributed by atoms with E-state index in [2.05, 4.69) is 10.3 Å². The molecule has 0 radical (unpaired) electrons. The molecule has 0 aliphatic rings. The molecule has 3 N–H and O–H groups in total. The van der Waals surface area contributed by atoms with Crippen molar-refractivity contribution in [1.82, 2.24) is 4.98 Å². The van der Waals surface area contributed by atoms with E-state index in [9.17, 15) is 22.4 Å². The number of hydrogen-bond acceptors (Lipinski definition) is 5. The van der Waals surface area contributed by atoms with E-state index < -0.39 is 24.6 Å². The zero-order chi connectivity index (χ0) is 18.3. The molecule has 2 rings (SSSR count). The fourth-order valence-corrected chi connectivity index (χ4v) is 1.58. The maximum Gasteiger partial charge on any atom is 0.490 e. The zero-order valence-corrected chi connectivity index (χ0v) is 12.4. The molecule has 0 atom stereocenters. The predicted octanol–water partition coefficient (Wildman–Crippen LogP) is 1.46. The van der Waals surface area contributed by atoms with Gasteiger partial charge in [0.05, 0.1) is 0 Å². The lowest BCUT2D eigenvalue weighted by atomic mass is 9.81. The highest BCUT2D eigenvalue weighted by molar-refractivity contribution is 6.58. The molecule has 0 fully saturated rings. The Hall–Kier alpha value is -2.46. The summed E-state index contributed by atoms with van der Waals surface area (Å²) < 4.78 is 48.9. The molecule has 0 unspecified atom stereocenters. The summed E-state index contributed by atoms with van der Waals surface area (Å²) in [6.45, 7) is 0. The van der Waals surface area contributed by atoms with Gasteiger partial charge in [-0.3, -0.25) is 9.78 Å². The first kappa shape index (κ1) is 19.6. The quantitative estimate of drug-likeness (QED) is 0.446. The van der Waals surface area contributed by atoms with Crippen molar-refractivity contribution in [2.24, 2.45) is 0 Å². The molecule has 10 heteroatoms. The summed E-state index contributed by atoms with van der Waals surface area (Å²) in [4.78, 5) is 13.3. The zero-order valence-electron chi connectivity index (χ0n) is 12.4. The molecule has 0 aliphatic carbocycles. The Bertz CT molecular complexity index is 679. The number of alkyl halides is 3. The van der Waals surface area contributed by atoms with Crippen LogP contribution < -0.4 is 10.8 Å². The third kappa shape index (κ3) is 5.63. The van der Waals surface area contributed by atoms with Crippen LogP contribution in [0.5, 0.6) is 0 Å². The summed E-state index contributed by atoms with van der Waals surface area (Å²) in [5, 5.41) is 20.2. The average Bonchev–Trinajstić information content (AvgIpc) is 2.54. The molecule has 0 amide bonds. The van der Waals surface area contributed by atoms with E-state index in [1.54, 1.807) is 19.2 Å². The van der Waals surface area contributed by atoms with Gasteiger partial charge in [-0.2, -0.15) is 13.2 Å². The second-order valence-corrected chi connectivity index (χ2v) is 4.45. The number of hydrogen-bond donors (Lipinski definition) is 3. The number of aromatic nitrogens is 1. The number of aldehydes is 1. The first-order valence-electron chi connectivity index (χ1n) is 6.50. The Kier molecular flexibility index (Phi) is 6.87. The third-order valence-electron chi connectivity index (χ3n) is 2.76. The smallest absolute Gasteiger partial charge is 0.423 e. The molecule has 1 heterocycles.